The molecule has 0 atom stereocenters. The molecule has 0 aliphatic carbocycles. The normalized spacial score (nSPS) is 10.9. The van der Waals surface area contributed by atoms with Crippen molar-refractivity contribution in [2.75, 3.05) is 24.6 Å². The molecule has 0 spiro atoms. The molecule has 96 valence electrons. The Bertz CT molecular complexity index is 363. The van der Waals surface area contributed by atoms with Crippen LogP contribution in [0.3, 0.4) is 0 Å². The summed E-state index contributed by atoms with van der Waals surface area (Å²) in [6.45, 7) is -0.590. The van der Waals surface area contributed by atoms with Gasteiger partial charge in [-0.05, 0) is 33.6 Å². The van der Waals surface area contributed by atoms with Crippen molar-refractivity contribution in [1.82, 2.24) is 0 Å². The van der Waals surface area contributed by atoms with E-state index in [-0.39, 0.29) is 19.8 Å². The van der Waals surface area contributed by atoms with Gasteiger partial charge in [-0.3, -0.25) is 0 Å². The molecule has 0 aliphatic rings. The van der Waals surface area contributed by atoms with Crippen molar-refractivity contribution < 1.29 is 19.0 Å². The van der Waals surface area contributed by atoms with E-state index in [1.165, 1.54) is 4.90 Å². The van der Waals surface area contributed by atoms with Crippen LogP contribution in [-0.2, 0) is 6.61 Å². The molecular weight excluding hydrogens is 296 g/mol. The molecule has 0 amide bonds. The highest BCUT2D eigenvalue weighted by molar-refractivity contribution is 9.10. The Labute approximate surface area is 107 Å². The second-order valence-electron chi connectivity index (χ2n) is 3.50. The monoisotopic (exact) mass is 309 g/mol. The van der Waals surface area contributed by atoms with E-state index in [1.54, 1.807) is 18.2 Å². The number of hydrogen-bond acceptors (Lipinski definition) is 3. The predicted molar refractivity (Wildman–Crippen MR) is 65.4 cm³/mol. The van der Waals surface area contributed by atoms with Gasteiger partial charge in [0, 0.05) is 11.0 Å². The molecule has 1 aromatic carbocycles. The SMILES string of the molecule is OCCN(CC(F)F)c1ccc(CO)cc1Br. The molecule has 0 saturated heterocycles. The molecule has 0 radical (unpaired) electrons. The zero-order valence-electron chi connectivity index (χ0n) is 9.11. The van der Waals surface area contributed by atoms with Crippen molar-refractivity contribution in [2.45, 2.75) is 13.0 Å². The molecule has 0 aromatic heterocycles. The Morgan fingerprint density at radius 3 is 2.47 bits per heavy atom. The third-order valence-electron chi connectivity index (χ3n) is 2.26. The van der Waals surface area contributed by atoms with E-state index >= 15 is 0 Å². The number of rotatable bonds is 6. The molecular formula is C11H14BrF2NO2. The number of aliphatic hydroxyl groups excluding tert-OH is 2. The van der Waals surface area contributed by atoms with Gasteiger partial charge in [0.05, 0.1) is 25.4 Å². The Kier molecular flexibility index (Phi) is 5.80. The average molecular weight is 310 g/mol. The lowest BCUT2D eigenvalue weighted by molar-refractivity contribution is 0.152. The number of nitrogens with zero attached hydrogens (tertiary/aromatic N) is 1. The summed E-state index contributed by atoms with van der Waals surface area (Å²) in [5.74, 6) is 0. The maximum atomic E-state index is 12.4. The molecule has 0 heterocycles. The van der Waals surface area contributed by atoms with Gasteiger partial charge in [-0.1, -0.05) is 6.07 Å². The molecule has 0 unspecified atom stereocenters. The molecule has 0 fully saturated rings. The fourth-order valence-electron chi connectivity index (χ4n) is 1.50. The summed E-state index contributed by atoms with van der Waals surface area (Å²) in [6.07, 6.45) is -2.47. The molecule has 1 rings (SSSR count). The first-order valence-corrected chi connectivity index (χ1v) is 5.91. The van der Waals surface area contributed by atoms with Gasteiger partial charge in [-0.2, -0.15) is 0 Å². The lowest BCUT2D eigenvalue weighted by Crippen LogP contribution is -2.31. The summed E-state index contributed by atoms with van der Waals surface area (Å²) < 4.78 is 25.4. The Balaban J connectivity index is 2.93. The highest BCUT2D eigenvalue weighted by Gasteiger charge is 2.15. The van der Waals surface area contributed by atoms with E-state index in [1.807, 2.05) is 0 Å². The highest BCUT2D eigenvalue weighted by Crippen LogP contribution is 2.27. The summed E-state index contributed by atoms with van der Waals surface area (Å²) in [7, 11) is 0. The lowest BCUT2D eigenvalue weighted by Gasteiger charge is -2.24. The summed E-state index contributed by atoms with van der Waals surface area (Å²) >= 11 is 3.27. The molecule has 6 heteroatoms. The molecule has 0 aliphatic heterocycles. The quantitative estimate of drug-likeness (QED) is 0.845. The van der Waals surface area contributed by atoms with Crippen LogP contribution in [0.5, 0.6) is 0 Å². The second-order valence-corrected chi connectivity index (χ2v) is 4.36. The topological polar surface area (TPSA) is 43.7 Å². The van der Waals surface area contributed by atoms with Crippen LogP contribution in [0.1, 0.15) is 5.56 Å². The number of hydrogen-bond donors (Lipinski definition) is 2. The van der Waals surface area contributed by atoms with Crippen LogP contribution in [0, 0.1) is 0 Å². The summed E-state index contributed by atoms with van der Waals surface area (Å²) in [4.78, 5) is 1.40. The largest absolute Gasteiger partial charge is 0.395 e. The minimum Gasteiger partial charge on any atom is -0.395 e. The fraction of sp³-hybridized carbons (Fsp3) is 0.455. The van der Waals surface area contributed by atoms with E-state index in [0.29, 0.717) is 15.7 Å². The average Bonchev–Trinajstić information content (AvgIpc) is 2.27. The summed E-state index contributed by atoms with van der Waals surface area (Å²) in [6, 6.07) is 4.98. The van der Waals surface area contributed by atoms with Crippen molar-refractivity contribution in [2.24, 2.45) is 0 Å². The molecule has 1 aromatic rings. The first kappa shape index (κ1) is 14.3. The van der Waals surface area contributed by atoms with Crippen molar-refractivity contribution in [3.05, 3.63) is 28.2 Å². The minimum absolute atomic E-state index is 0.103. The second kappa shape index (κ2) is 6.88. The van der Waals surface area contributed by atoms with Crippen molar-refractivity contribution in [1.29, 1.82) is 0 Å². The molecule has 2 N–H and O–H groups in total. The summed E-state index contributed by atoms with van der Waals surface area (Å²) in [5.41, 5.74) is 1.28. The van der Waals surface area contributed by atoms with E-state index in [0.717, 1.165) is 0 Å². The fourth-order valence-corrected chi connectivity index (χ4v) is 2.18. The standard InChI is InChI=1S/C11H14BrF2NO2/c12-9-5-8(7-17)1-2-10(9)15(3-4-16)6-11(13)14/h1-2,5,11,16-17H,3-4,6-7H2. The number of aliphatic hydroxyl groups is 2. The molecule has 0 bridgehead atoms. The van der Waals surface area contributed by atoms with Gasteiger partial charge in [0.2, 0.25) is 0 Å². The van der Waals surface area contributed by atoms with Gasteiger partial charge in [-0.15, -0.1) is 0 Å². The van der Waals surface area contributed by atoms with Crippen LogP contribution >= 0.6 is 15.9 Å². The molecule has 3 nitrogen and oxygen atoms in total. The maximum absolute atomic E-state index is 12.4. The summed E-state index contributed by atoms with van der Waals surface area (Å²) in [5, 5.41) is 17.8. The maximum Gasteiger partial charge on any atom is 0.255 e. The third kappa shape index (κ3) is 4.22. The van der Waals surface area contributed by atoms with Crippen molar-refractivity contribution in [3.63, 3.8) is 0 Å². The van der Waals surface area contributed by atoms with E-state index in [2.05, 4.69) is 15.9 Å². The minimum atomic E-state index is -2.47. The number of anilines is 1. The van der Waals surface area contributed by atoms with Crippen molar-refractivity contribution in [3.8, 4) is 0 Å². The Morgan fingerprint density at radius 2 is 2.00 bits per heavy atom. The first-order chi connectivity index (χ1) is 8.08. The Morgan fingerprint density at radius 1 is 1.29 bits per heavy atom. The van der Waals surface area contributed by atoms with E-state index < -0.39 is 13.0 Å². The van der Waals surface area contributed by atoms with Gasteiger partial charge < -0.3 is 15.1 Å². The van der Waals surface area contributed by atoms with Gasteiger partial charge in [0.1, 0.15) is 0 Å². The van der Waals surface area contributed by atoms with Crippen LogP contribution in [0.4, 0.5) is 14.5 Å². The third-order valence-corrected chi connectivity index (χ3v) is 2.90. The van der Waals surface area contributed by atoms with E-state index in [9.17, 15) is 8.78 Å². The predicted octanol–water partition coefficient (Wildman–Crippen LogP) is 2.01. The van der Waals surface area contributed by atoms with Crippen molar-refractivity contribution >= 4 is 21.6 Å². The van der Waals surface area contributed by atoms with Gasteiger partial charge in [0.15, 0.2) is 0 Å². The highest BCUT2D eigenvalue weighted by atomic mass is 79.9. The number of halogens is 3. The number of alkyl halides is 2. The van der Waals surface area contributed by atoms with Crippen LogP contribution in [0.25, 0.3) is 0 Å². The van der Waals surface area contributed by atoms with Gasteiger partial charge in [-0.25, -0.2) is 8.78 Å². The molecule has 17 heavy (non-hydrogen) atoms. The molecule has 0 saturated carbocycles. The smallest absolute Gasteiger partial charge is 0.255 e. The number of benzene rings is 1. The zero-order chi connectivity index (χ0) is 12.8. The van der Waals surface area contributed by atoms with Crippen LogP contribution < -0.4 is 4.90 Å². The van der Waals surface area contributed by atoms with Crippen LogP contribution in [0.2, 0.25) is 0 Å². The van der Waals surface area contributed by atoms with Gasteiger partial charge in [0.25, 0.3) is 6.43 Å². The zero-order valence-corrected chi connectivity index (χ0v) is 10.7. The van der Waals surface area contributed by atoms with Crippen LogP contribution in [-0.4, -0.2) is 36.3 Å². The van der Waals surface area contributed by atoms with Crippen LogP contribution in [0.15, 0.2) is 22.7 Å². The van der Waals surface area contributed by atoms with Gasteiger partial charge >= 0.3 is 0 Å². The lowest BCUT2D eigenvalue weighted by atomic mass is 10.2. The first-order valence-electron chi connectivity index (χ1n) is 5.11. The van der Waals surface area contributed by atoms with E-state index in [4.69, 9.17) is 10.2 Å². The Hall–Kier alpha value is -0.720.